The zero-order chi connectivity index (χ0) is 19.2. The maximum Gasteiger partial charge on any atom is 0.414 e. The Morgan fingerprint density at radius 2 is 1.84 bits per heavy atom. The molecule has 0 aliphatic carbocycles. The molecule has 0 aromatic heterocycles. The van der Waals surface area contributed by atoms with E-state index in [1.54, 1.807) is 0 Å². The van der Waals surface area contributed by atoms with Crippen LogP contribution in [0.4, 0.5) is 0 Å². The van der Waals surface area contributed by atoms with Crippen LogP contribution in [0.2, 0.25) is 5.02 Å². The first-order chi connectivity index (χ1) is 11.8. The second-order valence-corrected chi connectivity index (χ2v) is 5.56. The number of ether oxygens (including phenoxy) is 2. The number of likely N-dealkylation sites (N-methyl/N-ethyl adjacent to an activating group) is 1. The van der Waals surface area contributed by atoms with Gasteiger partial charge in [0.25, 0.3) is 0 Å². The van der Waals surface area contributed by atoms with Gasteiger partial charge in [0, 0.05) is 11.6 Å². The molecule has 25 heavy (non-hydrogen) atoms. The van der Waals surface area contributed by atoms with E-state index >= 15 is 0 Å². The fourth-order valence-electron chi connectivity index (χ4n) is 1.56. The minimum atomic E-state index is -1.82. The summed E-state index contributed by atoms with van der Waals surface area (Å²) < 4.78 is 11.2. The van der Waals surface area contributed by atoms with E-state index < -0.39 is 11.9 Å². The number of hydrogen-bond donors (Lipinski definition) is 2. The van der Waals surface area contributed by atoms with Crippen molar-refractivity contribution in [3.05, 3.63) is 41.4 Å². The maximum atomic E-state index is 9.10. The molecule has 1 aromatic rings. The van der Waals surface area contributed by atoms with Crippen molar-refractivity contribution in [1.82, 2.24) is 4.90 Å². The highest BCUT2D eigenvalue weighted by molar-refractivity contribution is 6.30. The Kier molecular flexibility index (Phi) is 12.1. The molecule has 0 fully saturated rings. The van der Waals surface area contributed by atoms with Gasteiger partial charge in [0.15, 0.2) is 0 Å². The van der Waals surface area contributed by atoms with Gasteiger partial charge in [-0.1, -0.05) is 17.7 Å². The van der Waals surface area contributed by atoms with Gasteiger partial charge < -0.3 is 24.6 Å². The molecule has 0 aliphatic heterocycles. The molecule has 140 valence electrons. The van der Waals surface area contributed by atoms with Gasteiger partial charge in [0.05, 0.1) is 13.2 Å². The number of benzene rings is 1. The summed E-state index contributed by atoms with van der Waals surface area (Å²) in [5.74, 6) is -2.80. The zero-order valence-corrected chi connectivity index (χ0v) is 15.2. The van der Waals surface area contributed by atoms with E-state index in [2.05, 4.69) is 11.5 Å². The second-order valence-electron chi connectivity index (χ2n) is 5.12. The molecule has 0 bridgehead atoms. The summed E-state index contributed by atoms with van der Waals surface area (Å²) in [6, 6.07) is 5.63. The zero-order valence-electron chi connectivity index (χ0n) is 14.4. The number of allylic oxidation sites excluding steroid dienone is 1. The molecule has 0 saturated heterocycles. The molecule has 0 aliphatic rings. The van der Waals surface area contributed by atoms with Gasteiger partial charge in [-0.05, 0) is 44.3 Å². The Bertz CT molecular complexity index is 550. The van der Waals surface area contributed by atoms with Crippen molar-refractivity contribution < 1.29 is 29.3 Å². The van der Waals surface area contributed by atoms with Gasteiger partial charge in [-0.3, -0.25) is 0 Å². The number of halogens is 1. The predicted octanol–water partition coefficient (Wildman–Crippen LogP) is 2.18. The normalized spacial score (nSPS) is 9.92. The number of hydrogen-bond acceptors (Lipinski definition) is 5. The molecular weight excluding hydrogens is 350 g/mol. The Balaban J connectivity index is 0.000000823. The van der Waals surface area contributed by atoms with Gasteiger partial charge in [0.2, 0.25) is 0 Å². The minimum Gasteiger partial charge on any atom is -0.491 e. The molecule has 8 heteroatoms. The van der Waals surface area contributed by atoms with Crippen molar-refractivity contribution in [2.45, 2.75) is 6.42 Å². The van der Waals surface area contributed by atoms with Crippen molar-refractivity contribution in [3.63, 3.8) is 0 Å². The van der Waals surface area contributed by atoms with E-state index in [-0.39, 0.29) is 0 Å². The Hall–Kier alpha value is -2.09. The summed E-state index contributed by atoms with van der Waals surface area (Å²) in [4.78, 5) is 20.3. The van der Waals surface area contributed by atoms with Crippen LogP contribution in [0.15, 0.2) is 30.9 Å². The van der Waals surface area contributed by atoms with Crippen LogP contribution in [0.25, 0.3) is 0 Å². The SMILES string of the molecule is C=CCc1cc(Cl)ccc1OCCOCCN(C)C.O=C(O)C(=O)O. The van der Waals surface area contributed by atoms with Gasteiger partial charge in [0.1, 0.15) is 12.4 Å². The van der Waals surface area contributed by atoms with Crippen molar-refractivity contribution in [2.24, 2.45) is 0 Å². The van der Waals surface area contributed by atoms with E-state index in [1.165, 1.54) is 0 Å². The molecule has 1 aromatic carbocycles. The average Bonchev–Trinajstić information content (AvgIpc) is 2.53. The van der Waals surface area contributed by atoms with Crippen molar-refractivity contribution >= 4 is 23.5 Å². The highest BCUT2D eigenvalue weighted by Gasteiger charge is 2.04. The molecule has 7 nitrogen and oxygen atoms in total. The molecule has 2 N–H and O–H groups in total. The van der Waals surface area contributed by atoms with E-state index in [1.807, 2.05) is 38.4 Å². The number of carboxylic acids is 2. The first-order valence-corrected chi connectivity index (χ1v) is 7.86. The van der Waals surface area contributed by atoms with Gasteiger partial charge in [-0.15, -0.1) is 6.58 Å². The topological polar surface area (TPSA) is 96.3 Å². The fourth-order valence-corrected chi connectivity index (χ4v) is 1.76. The lowest BCUT2D eigenvalue weighted by molar-refractivity contribution is -0.159. The molecule has 0 spiro atoms. The lowest BCUT2D eigenvalue weighted by Crippen LogP contribution is -2.19. The first-order valence-electron chi connectivity index (χ1n) is 7.48. The summed E-state index contributed by atoms with van der Waals surface area (Å²) in [7, 11) is 4.05. The van der Waals surface area contributed by atoms with Crippen LogP contribution in [-0.2, 0) is 20.7 Å². The number of rotatable bonds is 9. The van der Waals surface area contributed by atoms with Crippen molar-refractivity contribution in [3.8, 4) is 5.75 Å². The maximum absolute atomic E-state index is 9.10. The lowest BCUT2D eigenvalue weighted by Gasteiger charge is -2.12. The molecule has 0 heterocycles. The number of carboxylic acid groups (broad SMARTS) is 2. The second kappa shape index (κ2) is 13.2. The highest BCUT2D eigenvalue weighted by Crippen LogP contribution is 2.23. The van der Waals surface area contributed by atoms with E-state index in [0.717, 1.165) is 30.9 Å². The number of aliphatic carboxylic acids is 2. The molecular formula is C17H24ClNO6. The summed E-state index contributed by atoms with van der Waals surface area (Å²) in [5.41, 5.74) is 1.05. The molecule has 0 radical (unpaired) electrons. The minimum absolute atomic E-state index is 0.541. The molecule has 0 saturated carbocycles. The van der Waals surface area contributed by atoms with E-state index in [9.17, 15) is 0 Å². The fraction of sp³-hybridized carbons (Fsp3) is 0.412. The molecule has 1 rings (SSSR count). The quantitative estimate of drug-likeness (QED) is 0.389. The monoisotopic (exact) mass is 373 g/mol. The highest BCUT2D eigenvalue weighted by atomic mass is 35.5. The summed E-state index contributed by atoms with van der Waals surface area (Å²) in [6.07, 6.45) is 2.59. The summed E-state index contributed by atoms with van der Waals surface area (Å²) in [5, 5.41) is 15.5. The van der Waals surface area contributed by atoms with Crippen LogP contribution in [0.1, 0.15) is 5.56 Å². The van der Waals surface area contributed by atoms with Gasteiger partial charge in [-0.25, -0.2) is 9.59 Å². The predicted molar refractivity (Wildman–Crippen MR) is 95.5 cm³/mol. The Labute approximate surface area is 152 Å². The van der Waals surface area contributed by atoms with Crippen LogP contribution < -0.4 is 4.74 Å². The van der Waals surface area contributed by atoms with Crippen molar-refractivity contribution in [1.29, 1.82) is 0 Å². The van der Waals surface area contributed by atoms with Crippen LogP contribution in [0.3, 0.4) is 0 Å². The molecule has 0 atom stereocenters. The van der Waals surface area contributed by atoms with Gasteiger partial charge in [-0.2, -0.15) is 0 Å². The molecule has 0 unspecified atom stereocenters. The lowest BCUT2D eigenvalue weighted by atomic mass is 10.1. The standard InChI is InChI=1S/C15H22ClNO2.C2H2O4/c1-4-5-13-12-14(16)6-7-15(13)19-11-10-18-9-8-17(2)3;3-1(4)2(5)6/h4,6-7,12H,1,5,8-11H2,2-3H3;(H,3,4)(H,5,6). The van der Waals surface area contributed by atoms with Crippen LogP contribution in [-0.4, -0.2) is 67.5 Å². The van der Waals surface area contributed by atoms with Crippen molar-refractivity contribution in [2.75, 3.05) is 40.5 Å². The third-order valence-corrected chi connectivity index (χ3v) is 2.97. The van der Waals surface area contributed by atoms with Crippen LogP contribution in [0, 0.1) is 0 Å². The van der Waals surface area contributed by atoms with E-state index in [4.69, 9.17) is 40.9 Å². The third kappa shape index (κ3) is 12.0. The smallest absolute Gasteiger partial charge is 0.414 e. The average molecular weight is 374 g/mol. The van der Waals surface area contributed by atoms with E-state index in [0.29, 0.717) is 18.2 Å². The number of carbonyl (C=O) groups is 2. The summed E-state index contributed by atoms with van der Waals surface area (Å²) >= 11 is 5.97. The first kappa shape index (κ1) is 22.9. The van der Waals surface area contributed by atoms with Gasteiger partial charge >= 0.3 is 11.9 Å². The number of nitrogens with zero attached hydrogens (tertiary/aromatic N) is 1. The summed E-state index contributed by atoms with van der Waals surface area (Å²) in [6.45, 7) is 6.50. The Morgan fingerprint density at radius 3 is 2.36 bits per heavy atom. The Morgan fingerprint density at radius 1 is 1.20 bits per heavy atom. The third-order valence-electron chi connectivity index (χ3n) is 2.74. The molecule has 0 amide bonds. The largest absolute Gasteiger partial charge is 0.491 e. The van der Waals surface area contributed by atoms with Crippen LogP contribution >= 0.6 is 11.6 Å². The van der Waals surface area contributed by atoms with Crippen LogP contribution in [0.5, 0.6) is 5.75 Å².